The highest BCUT2D eigenvalue weighted by atomic mass is 16.5. The average Bonchev–Trinajstić information content (AvgIpc) is 2.52. The van der Waals surface area contributed by atoms with Crippen LogP contribution in [0, 0.1) is 12.3 Å². The average molecular weight is 354 g/mol. The lowest BCUT2D eigenvalue weighted by Crippen LogP contribution is -2.39. The molecule has 0 fully saturated rings. The third kappa shape index (κ3) is 3.30. The number of ether oxygens (including phenoxy) is 1. The van der Waals surface area contributed by atoms with Crippen molar-refractivity contribution in [2.75, 3.05) is 6.61 Å². The van der Waals surface area contributed by atoms with Crippen LogP contribution in [0.25, 0.3) is 0 Å². The van der Waals surface area contributed by atoms with E-state index in [1.165, 1.54) is 0 Å². The number of hydrogen-bond acceptors (Lipinski definition) is 5. The number of nitrogens with one attached hydrogen (secondary N) is 1. The van der Waals surface area contributed by atoms with E-state index < -0.39 is 11.9 Å². The van der Waals surface area contributed by atoms with Gasteiger partial charge in [0, 0.05) is 29.1 Å². The summed E-state index contributed by atoms with van der Waals surface area (Å²) in [6.07, 6.45) is 1.23. The third-order valence-corrected chi connectivity index (χ3v) is 4.94. The zero-order valence-corrected chi connectivity index (χ0v) is 16.1. The predicted molar refractivity (Wildman–Crippen MR) is 99.2 cm³/mol. The van der Waals surface area contributed by atoms with Gasteiger partial charge in [0.05, 0.1) is 23.8 Å². The van der Waals surface area contributed by atoms with Crippen molar-refractivity contribution >= 4 is 11.8 Å². The molecule has 1 aliphatic heterocycles. The number of allylic oxidation sites excluding steroid dienone is 3. The van der Waals surface area contributed by atoms with Crippen LogP contribution in [-0.4, -0.2) is 23.3 Å². The maximum absolute atomic E-state index is 13.0. The molecule has 0 unspecified atom stereocenters. The number of carbonyl (C=O) groups is 2. The smallest absolute Gasteiger partial charge is 0.336 e. The molecule has 0 aromatic carbocycles. The maximum Gasteiger partial charge on any atom is 0.336 e. The first-order chi connectivity index (χ1) is 12.2. The predicted octanol–water partition coefficient (Wildman–Crippen LogP) is 3.56. The van der Waals surface area contributed by atoms with Crippen LogP contribution in [0.1, 0.15) is 57.8 Å². The standard InChI is InChI=1S/C21H26N2O3/c1-6-26-20(25)17-13(3)23-15-10-21(4,5)11-16(24)18(15)19(17)14-9-7-8-12(2)22-14/h7-9,19,23H,6,10-11H2,1-5H3/t19-/m0/s1. The van der Waals surface area contributed by atoms with Crippen molar-refractivity contribution in [3.8, 4) is 0 Å². The molecule has 0 spiro atoms. The number of nitrogens with zero attached hydrogens (tertiary/aromatic N) is 1. The zero-order chi connectivity index (χ0) is 19.1. The van der Waals surface area contributed by atoms with Gasteiger partial charge in [0.1, 0.15) is 0 Å². The van der Waals surface area contributed by atoms with Gasteiger partial charge >= 0.3 is 5.97 Å². The second-order valence-corrected chi connectivity index (χ2v) is 7.85. The van der Waals surface area contributed by atoms with Crippen molar-refractivity contribution in [3.63, 3.8) is 0 Å². The van der Waals surface area contributed by atoms with Gasteiger partial charge in [0.25, 0.3) is 0 Å². The highest BCUT2D eigenvalue weighted by Gasteiger charge is 2.43. The first-order valence-electron chi connectivity index (χ1n) is 9.08. The molecule has 1 aromatic rings. The summed E-state index contributed by atoms with van der Waals surface area (Å²) in [4.78, 5) is 30.4. The molecule has 5 heteroatoms. The van der Waals surface area contributed by atoms with Gasteiger partial charge in [-0.25, -0.2) is 4.79 Å². The Bertz CT molecular complexity index is 833. The molecule has 2 aliphatic rings. The van der Waals surface area contributed by atoms with E-state index in [4.69, 9.17) is 4.74 Å². The lowest BCUT2D eigenvalue weighted by atomic mass is 9.69. The SMILES string of the molecule is CCOC(=O)C1=C(C)NC2=C(C(=O)CC(C)(C)C2)[C@H]1c1cccc(C)n1. The Kier molecular flexibility index (Phi) is 4.74. The van der Waals surface area contributed by atoms with Gasteiger partial charge in [0.15, 0.2) is 5.78 Å². The number of pyridine rings is 1. The fourth-order valence-electron chi connectivity index (χ4n) is 3.94. The summed E-state index contributed by atoms with van der Waals surface area (Å²) in [5.41, 5.74) is 4.26. The second-order valence-electron chi connectivity index (χ2n) is 7.85. The van der Waals surface area contributed by atoms with E-state index in [-0.39, 0.29) is 17.8 Å². The van der Waals surface area contributed by atoms with E-state index in [2.05, 4.69) is 24.1 Å². The first kappa shape index (κ1) is 18.4. The minimum absolute atomic E-state index is 0.0753. The Morgan fingerprint density at radius 1 is 1.31 bits per heavy atom. The molecular formula is C21H26N2O3. The van der Waals surface area contributed by atoms with Crippen LogP contribution in [0.15, 0.2) is 40.7 Å². The van der Waals surface area contributed by atoms with Crippen LogP contribution in [0.5, 0.6) is 0 Å². The van der Waals surface area contributed by atoms with E-state index in [0.29, 0.717) is 17.6 Å². The first-order valence-corrected chi connectivity index (χ1v) is 9.08. The van der Waals surface area contributed by atoms with Gasteiger partial charge < -0.3 is 10.1 Å². The number of rotatable bonds is 3. The molecular weight excluding hydrogens is 328 g/mol. The lowest BCUT2D eigenvalue weighted by molar-refractivity contribution is -0.138. The summed E-state index contributed by atoms with van der Waals surface area (Å²) >= 11 is 0. The fourth-order valence-corrected chi connectivity index (χ4v) is 3.94. The molecule has 3 rings (SSSR count). The molecule has 0 saturated heterocycles. The molecule has 138 valence electrons. The van der Waals surface area contributed by atoms with E-state index in [1.54, 1.807) is 6.92 Å². The Morgan fingerprint density at radius 3 is 2.69 bits per heavy atom. The molecule has 2 heterocycles. The monoisotopic (exact) mass is 354 g/mol. The van der Waals surface area contributed by atoms with E-state index >= 15 is 0 Å². The molecule has 26 heavy (non-hydrogen) atoms. The van der Waals surface area contributed by atoms with E-state index in [0.717, 1.165) is 29.2 Å². The van der Waals surface area contributed by atoms with Gasteiger partial charge in [-0.2, -0.15) is 0 Å². The highest BCUT2D eigenvalue weighted by Crippen LogP contribution is 2.46. The van der Waals surface area contributed by atoms with Crippen LogP contribution >= 0.6 is 0 Å². The highest BCUT2D eigenvalue weighted by molar-refractivity contribution is 6.04. The van der Waals surface area contributed by atoms with Gasteiger partial charge in [-0.1, -0.05) is 19.9 Å². The largest absolute Gasteiger partial charge is 0.463 e. The molecule has 0 bridgehead atoms. The summed E-state index contributed by atoms with van der Waals surface area (Å²) in [5, 5.41) is 3.32. The van der Waals surface area contributed by atoms with E-state index in [1.807, 2.05) is 32.0 Å². The van der Waals surface area contributed by atoms with Crippen molar-refractivity contribution in [2.24, 2.45) is 5.41 Å². The number of aromatic nitrogens is 1. The third-order valence-electron chi connectivity index (χ3n) is 4.94. The summed E-state index contributed by atoms with van der Waals surface area (Å²) < 4.78 is 5.29. The van der Waals surface area contributed by atoms with Gasteiger partial charge in [-0.3, -0.25) is 9.78 Å². The maximum atomic E-state index is 13.0. The molecule has 5 nitrogen and oxygen atoms in total. The number of aryl methyl sites for hydroxylation is 1. The number of dihydropyridines is 1. The summed E-state index contributed by atoms with van der Waals surface area (Å²) in [6, 6.07) is 5.70. The normalized spacial score (nSPS) is 22.0. The number of carbonyl (C=O) groups excluding carboxylic acids is 2. The van der Waals surface area contributed by atoms with Gasteiger partial charge in [-0.05, 0) is 44.7 Å². The van der Waals surface area contributed by atoms with Gasteiger partial charge in [0.2, 0.25) is 0 Å². The van der Waals surface area contributed by atoms with Crippen molar-refractivity contribution in [3.05, 3.63) is 52.1 Å². The number of esters is 1. The van der Waals surface area contributed by atoms with Crippen molar-refractivity contribution < 1.29 is 14.3 Å². The Hall–Kier alpha value is -2.43. The summed E-state index contributed by atoms with van der Waals surface area (Å²) in [7, 11) is 0. The minimum atomic E-state index is -0.478. The molecule has 0 saturated carbocycles. The van der Waals surface area contributed by atoms with Crippen LogP contribution in [0.3, 0.4) is 0 Å². The van der Waals surface area contributed by atoms with E-state index in [9.17, 15) is 9.59 Å². The Morgan fingerprint density at radius 2 is 2.04 bits per heavy atom. The second kappa shape index (κ2) is 6.71. The fraction of sp³-hybridized carbons (Fsp3) is 0.476. The molecule has 0 amide bonds. The number of ketones is 1. The van der Waals surface area contributed by atoms with Crippen LogP contribution < -0.4 is 5.32 Å². The topological polar surface area (TPSA) is 68.3 Å². The number of hydrogen-bond donors (Lipinski definition) is 1. The van der Waals surface area contributed by atoms with Crippen molar-refractivity contribution in [2.45, 2.75) is 53.4 Å². The van der Waals surface area contributed by atoms with Crippen LogP contribution in [0.4, 0.5) is 0 Å². The molecule has 1 aliphatic carbocycles. The van der Waals surface area contributed by atoms with Crippen molar-refractivity contribution in [1.82, 2.24) is 10.3 Å². The number of Topliss-reactive ketones (excluding diaryl/α,β-unsaturated/α-hetero) is 1. The van der Waals surface area contributed by atoms with Crippen molar-refractivity contribution in [1.29, 1.82) is 0 Å². The van der Waals surface area contributed by atoms with Gasteiger partial charge in [-0.15, -0.1) is 0 Å². The quantitative estimate of drug-likeness (QED) is 0.841. The zero-order valence-electron chi connectivity index (χ0n) is 16.1. The Balaban J connectivity index is 2.18. The van der Waals surface area contributed by atoms with Crippen LogP contribution in [0.2, 0.25) is 0 Å². The minimum Gasteiger partial charge on any atom is -0.463 e. The molecule has 1 atom stereocenters. The van der Waals surface area contributed by atoms with Crippen LogP contribution in [-0.2, 0) is 14.3 Å². The molecule has 0 radical (unpaired) electrons. The molecule has 1 N–H and O–H groups in total. The summed E-state index contributed by atoms with van der Waals surface area (Å²) in [5.74, 6) is -0.796. The lowest BCUT2D eigenvalue weighted by Gasteiger charge is -2.39. The Labute approximate surface area is 154 Å². The summed E-state index contributed by atoms with van der Waals surface area (Å²) in [6.45, 7) is 10.0. The molecule has 1 aromatic heterocycles.